The Morgan fingerprint density at radius 3 is 2.17 bits per heavy atom. The smallest absolute Gasteiger partial charge is 0.0704 e. The van der Waals surface area contributed by atoms with E-state index >= 15 is 0 Å². The molecule has 0 aromatic carbocycles. The van der Waals surface area contributed by atoms with Crippen molar-refractivity contribution in [2.24, 2.45) is 0 Å². The Hall–Kier alpha value is -0.0800. The fourth-order valence-corrected chi connectivity index (χ4v) is 2.58. The first-order chi connectivity index (χ1) is 8.93. The minimum Gasteiger partial charge on any atom is -0.379 e. The molecule has 2 heteroatoms. The Balaban J connectivity index is 1.80. The normalized spacial score (nSPS) is 20.8. The molecule has 0 saturated carbocycles. The van der Waals surface area contributed by atoms with Crippen LogP contribution < -0.4 is 0 Å². The zero-order valence-corrected chi connectivity index (χ0v) is 12.3. The molecule has 1 fully saturated rings. The highest BCUT2D eigenvalue weighted by molar-refractivity contribution is 4.61. The summed E-state index contributed by atoms with van der Waals surface area (Å²) in [6.45, 7) is 4.75. The molecule has 1 atom stereocenters. The van der Waals surface area contributed by atoms with Gasteiger partial charge >= 0.3 is 0 Å². The van der Waals surface area contributed by atoms with Crippen LogP contribution in [0.2, 0.25) is 0 Å². The standard InChI is InChI=1S/C16H32O2/c1-2-3-4-5-6-7-8-9-10-11-16-12-13-17-14-15-18-16/h16H,2-15H2,1H3. The minimum absolute atomic E-state index is 0.469. The maximum Gasteiger partial charge on any atom is 0.0704 e. The zero-order valence-electron chi connectivity index (χ0n) is 12.3. The molecule has 0 N–H and O–H groups in total. The highest BCUT2D eigenvalue weighted by Gasteiger charge is 2.11. The topological polar surface area (TPSA) is 18.5 Å². The Morgan fingerprint density at radius 2 is 1.44 bits per heavy atom. The van der Waals surface area contributed by atoms with Crippen LogP contribution in [0.15, 0.2) is 0 Å². The van der Waals surface area contributed by atoms with E-state index in [1.54, 1.807) is 0 Å². The van der Waals surface area contributed by atoms with Crippen molar-refractivity contribution in [3.63, 3.8) is 0 Å². The SMILES string of the molecule is CCCCCCCCCCCC1CCOCCO1. The van der Waals surface area contributed by atoms with Gasteiger partial charge in [0, 0.05) is 6.61 Å². The molecule has 1 aliphatic rings. The molecule has 0 aliphatic carbocycles. The summed E-state index contributed by atoms with van der Waals surface area (Å²) in [6, 6.07) is 0. The van der Waals surface area contributed by atoms with Crippen LogP contribution in [-0.4, -0.2) is 25.9 Å². The quantitative estimate of drug-likeness (QED) is 0.527. The van der Waals surface area contributed by atoms with Gasteiger partial charge in [-0.1, -0.05) is 64.7 Å². The van der Waals surface area contributed by atoms with Crippen molar-refractivity contribution in [1.82, 2.24) is 0 Å². The molecule has 0 radical (unpaired) electrons. The van der Waals surface area contributed by atoms with E-state index in [-0.39, 0.29) is 0 Å². The van der Waals surface area contributed by atoms with Crippen molar-refractivity contribution < 1.29 is 9.47 Å². The molecule has 18 heavy (non-hydrogen) atoms. The third kappa shape index (κ3) is 8.93. The second-order valence-corrected chi connectivity index (χ2v) is 5.51. The number of hydrogen-bond donors (Lipinski definition) is 0. The van der Waals surface area contributed by atoms with Crippen molar-refractivity contribution in [3.8, 4) is 0 Å². The third-order valence-corrected chi connectivity index (χ3v) is 3.80. The van der Waals surface area contributed by atoms with E-state index in [4.69, 9.17) is 9.47 Å². The number of ether oxygens (including phenoxy) is 2. The van der Waals surface area contributed by atoms with Crippen molar-refractivity contribution >= 4 is 0 Å². The average molecular weight is 256 g/mol. The predicted octanol–water partition coefficient (Wildman–Crippen LogP) is 4.71. The van der Waals surface area contributed by atoms with Gasteiger partial charge in [0.15, 0.2) is 0 Å². The maximum absolute atomic E-state index is 5.75. The van der Waals surface area contributed by atoms with Gasteiger partial charge in [0.05, 0.1) is 19.3 Å². The lowest BCUT2D eigenvalue weighted by atomic mass is 10.0. The monoisotopic (exact) mass is 256 g/mol. The van der Waals surface area contributed by atoms with Gasteiger partial charge in [-0.3, -0.25) is 0 Å². The fourth-order valence-electron chi connectivity index (χ4n) is 2.58. The lowest BCUT2D eigenvalue weighted by Gasteiger charge is -2.13. The van der Waals surface area contributed by atoms with E-state index in [1.807, 2.05) is 0 Å². The summed E-state index contributed by atoms with van der Waals surface area (Å²) in [5, 5.41) is 0. The van der Waals surface area contributed by atoms with E-state index in [0.29, 0.717) is 6.10 Å². The molecule has 1 rings (SSSR count). The third-order valence-electron chi connectivity index (χ3n) is 3.80. The molecule has 1 heterocycles. The number of hydrogen-bond acceptors (Lipinski definition) is 2. The molecular formula is C16H32O2. The van der Waals surface area contributed by atoms with Crippen molar-refractivity contribution in [1.29, 1.82) is 0 Å². The largest absolute Gasteiger partial charge is 0.379 e. The summed E-state index contributed by atoms with van der Waals surface area (Å²) >= 11 is 0. The van der Waals surface area contributed by atoms with Crippen LogP contribution in [0.4, 0.5) is 0 Å². The number of unbranched alkanes of at least 4 members (excludes halogenated alkanes) is 8. The van der Waals surface area contributed by atoms with Crippen LogP contribution in [0.5, 0.6) is 0 Å². The van der Waals surface area contributed by atoms with Crippen LogP contribution >= 0.6 is 0 Å². The molecular weight excluding hydrogens is 224 g/mol. The summed E-state index contributed by atoms with van der Waals surface area (Å²) in [5.41, 5.74) is 0. The van der Waals surface area contributed by atoms with E-state index in [2.05, 4.69) is 6.92 Å². The molecule has 1 aliphatic heterocycles. The van der Waals surface area contributed by atoms with Gasteiger partial charge < -0.3 is 9.47 Å². The van der Waals surface area contributed by atoms with Gasteiger partial charge in [0.1, 0.15) is 0 Å². The molecule has 0 amide bonds. The van der Waals surface area contributed by atoms with Gasteiger partial charge in [0.25, 0.3) is 0 Å². The van der Waals surface area contributed by atoms with Gasteiger partial charge in [-0.2, -0.15) is 0 Å². The van der Waals surface area contributed by atoms with Crippen LogP contribution in [0.3, 0.4) is 0 Å². The number of rotatable bonds is 10. The first-order valence-electron chi connectivity index (χ1n) is 8.13. The highest BCUT2D eigenvalue weighted by atomic mass is 16.5. The first-order valence-corrected chi connectivity index (χ1v) is 8.13. The lowest BCUT2D eigenvalue weighted by molar-refractivity contribution is 0.0477. The summed E-state index contributed by atoms with van der Waals surface area (Å²) in [6.07, 6.45) is 15.4. The van der Waals surface area contributed by atoms with E-state index in [0.717, 1.165) is 26.2 Å². The predicted molar refractivity (Wildman–Crippen MR) is 77.0 cm³/mol. The second kappa shape index (κ2) is 12.0. The first kappa shape index (κ1) is 16.0. The van der Waals surface area contributed by atoms with Gasteiger partial charge in [-0.25, -0.2) is 0 Å². The lowest BCUT2D eigenvalue weighted by Crippen LogP contribution is -2.12. The fraction of sp³-hybridized carbons (Fsp3) is 1.00. The van der Waals surface area contributed by atoms with Gasteiger partial charge in [0.2, 0.25) is 0 Å². The van der Waals surface area contributed by atoms with Crippen LogP contribution in [0.25, 0.3) is 0 Å². The zero-order chi connectivity index (χ0) is 12.9. The van der Waals surface area contributed by atoms with Crippen molar-refractivity contribution in [3.05, 3.63) is 0 Å². The Kier molecular flexibility index (Phi) is 10.6. The Bertz CT molecular complexity index is 162. The molecule has 0 spiro atoms. The van der Waals surface area contributed by atoms with Crippen molar-refractivity contribution in [2.75, 3.05) is 19.8 Å². The van der Waals surface area contributed by atoms with Crippen LogP contribution in [0.1, 0.15) is 77.6 Å². The van der Waals surface area contributed by atoms with Gasteiger partial charge in [-0.05, 0) is 12.8 Å². The van der Waals surface area contributed by atoms with Crippen LogP contribution in [-0.2, 0) is 9.47 Å². The summed E-state index contributed by atoms with van der Waals surface area (Å²) in [4.78, 5) is 0. The summed E-state index contributed by atoms with van der Waals surface area (Å²) in [5.74, 6) is 0. The molecule has 0 aromatic heterocycles. The average Bonchev–Trinajstić information content (AvgIpc) is 2.65. The molecule has 0 bridgehead atoms. The molecule has 2 nitrogen and oxygen atoms in total. The molecule has 1 saturated heterocycles. The Labute approximate surface area is 113 Å². The molecule has 0 aromatic rings. The maximum atomic E-state index is 5.75. The second-order valence-electron chi connectivity index (χ2n) is 5.51. The van der Waals surface area contributed by atoms with Crippen molar-refractivity contribution in [2.45, 2.75) is 83.7 Å². The summed E-state index contributed by atoms with van der Waals surface area (Å²) in [7, 11) is 0. The van der Waals surface area contributed by atoms with Crippen LogP contribution in [0, 0.1) is 0 Å². The molecule has 1 unspecified atom stereocenters. The van der Waals surface area contributed by atoms with E-state index in [1.165, 1.54) is 64.2 Å². The highest BCUT2D eigenvalue weighted by Crippen LogP contribution is 2.15. The minimum atomic E-state index is 0.469. The summed E-state index contributed by atoms with van der Waals surface area (Å²) < 4.78 is 11.1. The van der Waals surface area contributed by atoms with E-state index < -0.39 is 0 Å². The van der Waals surface area contributed by atoms with E-state index in [9.17, 15) is 0 Å². The molecule has 108 valence electrons. The van der Waals surface area contributed by atoms with Gasteiger partial charge in [-0.15, -0.1) is 0 Å². The Morgan fingerprint density at radius 1 is 0.778 bits per heavy atom.